The maximum atomic E-state index is 6.05. The fraction of sp³-hybridized carbons (Fsp3) is 0.211. The second-order valence-electron chi connectivity index (χ2n) is 5.44. The first-order chi connectivity index (χ1) is 12.7. The molecule has 0 aliphatic rings. The Bertz CT molecular complexity index is 857. The van der Waals surface area contributed by atoms with Crippen LogP contribution in [0.1, 0.15) is 18.1 Å². The van der Waals surface area contributed by atoms with Gasteiger partial charge in [0.15, 0.2) is 16.6 Å². The summed E-state index contributed by atoms with van der Waals surface area (Å²) in [6.07, 6.45) is 1.78. The van der Waals surface area contributed by atoms with Crippen LogP contribution in [0.2, 0.25) is 10.0 Å². The van der Waals surface area contributed by atoms with Gasteiger partial charge >= 0.3 is 0 Å². The van der Waals surface area contributed by atoms with Gasteiger partial charge in [0, 0.05) is 18.1 Å². The number of benzene rings is 2. The van der Waals surface area contributed by atoms with Crippen LogP contribution in [0.5, 0.6) is 11.5 Å². The fourth-order valence-electron chi connectivity index (χ4n) is 2.33. The summed E-state index contributed by atoms with van der Waals surface area (Å²) in [7, 11) is 0. The molecule has 7 heteroatoms. The lowest BCUT2D eigenvalue weighted by molar-refractivity contribution is 0.269. The first kappa shape index (κ1) is 18.8. The van der Waals surface area contributed by atoms with Crippen molar-refractivity contribution in [3.63, 3.8) is 0 Å². The number of anilines is 1. The highest BCUT2D eigenvalue weighted by molar-refractivity contribution is 7.13. The summed E-state index contributed by atoms with van der Waals surface area (Å²) < 4.78 is 11.7. The summed E-state index contributed by atoms with van der Waals surface area (Å²) >= 11 is 13.6. The van der Waals surface area contributed by atoms with Gasteiger partial charge in [0.2, 0.25) is 0 Å². The Kier molecular flexibility index (Phi) is 6.61. The molecule has 0 atom stereocenters. The third kappa shape index (κ3) is 5.04. The van der Waals surface area contributed by atoms with Crippen LogP contribution in [0.3, 0.4) is 0 Å². The average Bonchev–Trinajstić information content (AvgIpc) is 3.16. The number of rotatable bonds is 8. The van der Waals surface area contributed by atoms with E-state index >= 15 is 0 Å². The van der Waals surface area contributed by atoms with Gasteiger partial charge in [0.05, 0.1) is 16.7 Å². The third-order valence-electron chi connectivity index (χ3n) is 3.56. The number of aromatic nitrogens is 1. The summed E-state index contributed by atoms with van der Waals surface area (Å²) in [5.41, 5.74) is 2.03. The lowest BCUT2D eigenvalue weighted by Crippen LogP contribution is -2.03. The molecule has 136 valence electrons. The fourth-order valence-corrected chi connectivity index (χ4v) is 3.18. The van der Waals surface area contributed by atoms with Crippen molar-refractivity contribution in [2.24, 2.45) is 0 Å². The Labute approximate surface area is 166 Å². The molecule has 0 amide bonds. The molecule has 1 heterocycles. The van der Waals surface area contributed by atoms with Crippen LogP contribution < -0.4 is 14.8 Å². The van der Waals surface area contributed by atoms with E-state index in [1.807, 2.05) is 36.6 Å². The van der Waals surface area contributed by atoms with E-state index in [-0.39, 0.29) is 0 Å². The maximum Gasteiger partial charge on any atom is 0.182 e. The Morgan fingerprint density at radius 2 is 1.85 bits per heavy atom. The standard InChI is InChI=1S/C19H18Cl2N2O2S/c1-2-24-18-10-13(11-23-19-22-7-8-26-19)4-6-17(18)25-12-14-3-5-15(20)16(21)9-14/h3-10H,2,11-12H2,1H3,(H,22,23). The molecule has 0 unspecified atom stereocenters. The molecule has 1 N–H and O–H groups in total. The zero-order valence-corrected chi connectivity index (χ0v) is 16.5. The Morgan fingerprint density at radius 1 is 1.00 bits per heavy atom. The molecular weight excluding hydrogens is 391 g/mol. The summed E-state index contributed by atoms with van der Waals surface area (Å²) in [5, 5.41) is 7.16. The van der Waals surface area contributed by atoms with E-state index in [0.717, 1.165) is 16.3 Å². The van der Waals surface area contributed by atoms with Crippen molar-refractivity contribution in [3.05, 3.63) is 69.1 Å². The van der Waals surface area contributed by atoms with Gasteiger partial charge in [0.1, 0.15) is 6.61 Å². The lowest BCUT2D eigenvalue weighted by Gasteiger charge is -2.14. The van der Waals surface area contributed by atoms with Crippen LogP contribution in [0.25, 0.3) is 0 Å². The average molecular weight is 409 g/mol. The van der Waals surface area contributed by atoms with Crippen LogP contribution in [-0.4, -0.2) is 11.6 Å². The topological polar surface area (TPSA) is 43.4 Å². The largest absolute Gasteiger partial charge is 0.490 e. The van der Waals surface area contributed by atoms with Gasteiger partial charge < -0.3 is 14.8 Å². The molecule has 1 aromatic heterocycles. The molecule has 26 heavy (non-hydrogen) atoms. The van der Waals surface area contributed by atoms with E-state index in [9.17, 15) is 0 Å². The minimum atomic E-state index is 0.383. The van der Waals surface area contributed by atoms with Gasteiger partial charge in [-0.3, -0.25) is 0 Å². The van der Waals surface area contributed by atoms with Crippen LogP contribution in [0, 0.1) is 0 Å². The molecule has 0 bridgehead atoms. The Morgan fingerprint density at radius 3 is 2.58 bits per heavy atom. The van der Waals surface area contributed by atoms with E-state index < -0.39 is 0 Å². The van der Waals surface area contributed by atoms with E-state index in [1.54, 1.807) is 29.7 Å². The molecule has 0 aliphatic carbocycles. The van der Waals surface area contributed by atoms with E-state index in [1.165, 1.54) is 0 Å². The minimum absolute atomic E-state index is 0.383. The van der Waals surface area contributed by atoms with Gasteiger partial charge in [0.25, 0.3) is 0 Å². The highest BCUT2D eigenvalue weighted by Gasteiger charge is 2.08. The van der Waals surface area contributed by atoms with E-state index in [4.69, 9.17) is 32.7 Å². The van der Waals surface area contributed by atoms with Crippen molar-refractivity contribution in [3.8, 4) is 11.5 Å². The monoisotopic (exact) mass is 408 g/mol. The highest BCUT2D eigenvalue weighted by Crippen LogP contribution is 2.30. The van der Waals surface area contributed by atoms with Crippen molar-refractivity contribution in [2.75, 3.05) is 11.9 Å². The van der Waals surface area contributed by atoms with Crippen molar-refractivity contribution >= 4 is 39.7 Å². The Hall–Kier alpha value is -1.95. The zero-order valence-electron chi connectivity index (χ0n) is 14.2. The Balaban J connectivity index is 1.68. The molecule has 0 fully saturated rings. The van der Waals surface area contributed by atoms with Crippen molar-refractivity contribution in [1.29, 1.82) is 0 Å². The first-order valence-corrected chi connectivity index (χ1v) is 9.75. The second-order valence-corrected chi connectivity index (χ2v) is 7.15. The van der Waals surface area contributed by atoms with E-state index in [2.05, 4.69) is 10.3 Å². The molecular formula is C19H18Cl2N2O2S. The van der Waals surface area contributed by atoms with Crippen LogP contribution in [-0.2, 0) is 13.2 Å². The molecule has 0 radical (unpaired) electrons. The van der Waals surface area contributed by atoms with Gasteiger partial charge in [-0.2, -0.15) is 0 Å². The molecule has 3 rings (SSSR count). The first-order valence-electron chi connectivity index (χ1n) is 8.11. The quantitative estimate of drug-likeness (QED) is 0.493. The van der Waals surface area contributed by atoms with Crippen molar-refractivity contribution in [2.45, 2.75) is 20.1 Å². The predicted molar refractivity (Wildman–Crippen MR) is 108 cm³/mol. The van der Waals surface area contributed by atoms with Gasteiger partial charge in [-0.05, 0) is 42.3 Å². The smallest absolute Gasteiger partial charge is 0.182 e. The molecule has 0 aliphatic heterocycles. The summed E-state index contributed by atoms with van der Waals surface area (Å²) in [6, 6.07) is 11.4. The predicted octanol–water partition coefficient (Wildman–Crippen LogP) is 6.04. The summed E-state index contributed by atoms with van der Waals surface area (Å²) in [5.74, 6) is 1.40. The molecule has 4 nitrogen and oxygen atoms in total. The maximum absolute atomic E-state index is 6.05. The summed E-state index contributed by atoms with van der Waals surface area (Å²) in [6.45, 7) is 3.56. The third-order valence-corrected chi connectivity index (χ3v) is 5.03. The van der Waals surface area contributed by atoms with Gasteiger partial charge in [-0.15, -0.1) is 11.3 Å². The number of hydrogen-bond acceptors (Lipinski definition) is 5. The second kappa shape index (κ2) is 9.12. The SMILES string of the molecule is CCOc1cc(CNc2nccs2)ccc1OCc1ccc(Cl)c(Cl)c1. The number of thiazole rings is 1. The summed E-state index contributed by atoms with van der Waals surface area (Å²) in [4.78, 5) is 4.22. The number of halogens is 2. The number of nitrogens with zero attached hydrogens (tertiary/aromatic N) is 1. The normalized spacial score (nSPS) is 10.6. The molecule has 0 saturated carbocycles. The minimum Gasteiger partial charge on any atom is -0.490 e. The molecule has 0 saturated heterocycles. The zero-order chi connectivity index (χ0) is 18.4. The number of ether oxygens (including phenoxy) is 2. The van der Waals surface area contributed by atoms with Gasteiger partial charge in [-0.1, -0.05) is 35.3 Å². The lowest BCUT2D eigenvalue weighted by atomic mass is 10.2. The number of nitrogens with one attached hydrogen (secondary N) is 1. The van der Waals surface area contributed by atoms with Crippen molar-refractivity contribution in [1.82, 2.24) is 4.98 Å². The number of hydrogen-bond donors (Lipinski definition) is 1. The van der Waals surface area contributed by atoms with Crippen LogP contribution in [0.15, 0.2) is 48.0 Å². The van der Waals surface area contributed by atoms with Crippen LogP contribution >= 0.6 is 34.5 Å². The van der Waals surface area contributed by atoms with Crippen molar-refractivity contribution < 1.29 is 9.47 Å². The van der Waals surface area contributed by atoms with Gasteiger partial charge in [-0.25, -0.2) is 4.98 Å². The highest BCUT2D eigenvalue weighted by atomic mass is 35.5. The molecule has 2 aromatic carbocycles. The van der Waals surface area contributed by atoms with Crippen LogP contribution in [0.4, 0.5) is 5.13 Å². The van der Waals surface area contributed by atoms with E-state index in [0.29, 0.717) is 41.3 Å². The molecule has 3 aromatic rings. The molecule has 0 spiro atoms.